The number of methoxy groups -OCH3 is 2. The lowest BCUT2D eigenvalue weighted by Gasteiger charge is -2.27. The zero-order chi connectivity index (χ0) is 18.8. The third-order valence-corrected chi connectivity index (χ3v) is 4.56. The van der Waals surface area contributed by atoms with Gasteiger partial charge in [-0.25, -0.2) is 4.98 Å². The Hall–Kier alpha value is -3.54. The summed E-state index contributed by atoms with van der Waals surface area (Å²) in [5.74, 6) is 1.83. The molecule has 136 valence electrons. The van der Waals surface area contributed by atoms with Crippen LogP contribution in [0.2, 0.25) is 0 Å². The van der Waals surface area contributed by atoms with Crippen molar-refractivity contribution >= 4 is 17.4 Å². The molecule has 0 saturated heterocycles. The number of anilines is 2. The van der Waals surface area contributed by atoms with Gasteiger partial charge in [0.05, 0.1) is 19.9 Å². The summed E-state index contributed by atoms with van der Waals surface area (Å²) in [6.45, 7) is 0. The first kappa shape index (κ1) is 16.9. The van der Waals surface area contributed by atoms with Gasteiger partial charge in [-0.2, -0.15) is 0 Å². The molecule has 0 aliphatic carbocycles. The van der Waals surface area contributed by atoms with Crippen molar-refractivity contribution in [3.8, 4) is 11.5 Å². The van der Waals surface area contributed by atoms with E-state index in [9.17, 15) is 4.79 Å². The molecule has 1 amide bonds. The molecule has 4 rings (SSSR count). The topological polar surface area (TPSA) is 63.7 Å². The molecule has 2 heterocycles. The number of pyridine rings is 1. The Balaban J connectivity index is 1.78. The Kier molecular flexibility index (Phi) is 4.38. The highest BCUT2D eigenvalue weighted by Crippen LogP contribution is 2.39. The summed E-state index contributed by atoms with van der Waals surface area (Å²) >= 11 is 0. The van der Waals surface area contributed by atoms with Gasteiger partial charge in [0.25, 0.3) is 5.91 Å². The van der Waals surface area contributed by atoms with E-state index in [0.29, 0.717) is 22.9 Å². The van der Waals surface area contributed by atoms with E-state index in [1.807, 2.05) is 54.6 Å². The smallest absolute Gasteiger partial charge is 0.261 e. The second-order valence-electron chi connectivity index (χ2n) is 6.06. The summed E-state index contributed by atoms with van der Waals surface area (Å²) in [7, 11) is 3.21. The summed E-state index contributed by atoms with van der Waals surface area (Å²) in [4.78, 5) is 19.1. The minimum absolute atomic E-state index is 0.0886. The lowest BCUT2D eigenvalue weighted by Crippen LogP contribution is -2.33. The van der Waals surface area contributed by atoms with Crippen LogP contribution in [0.1, 0.15) is 22.1 Å². The molecule has 6 nitrogen and oxygen atoms in total. The van der Waals surface area contributed by atoms with Crippen LogP contribution in [0.5, 0.6) is 11.5 Å². The highest BCUT2D eigenvalue weighted by molar-refractivity contribution is 6.11. The van der Waals surface area contributed by atoms with Crippen molar-refractivity contribution in [3.05, 3.63) is 78.0 Å². The molecular weight excluding hydrogens is 342 g/mol. The molecule has 2 aromatic carbocycles. The Bertz CT molecular complexity index is 975. The van der Waals surface area contributed by atoms with Crippen LogP contribution < -0.4 is 19.7 Å². The van der Waals surface area contributed by atoms with Crippen molar-refractivity contribution in [1.82, 2.24) is 4.98 Å². The maximum Gasteiger partial charge on any atom is 0.261 e. The zero-order valence-corrected chi connectivity index (χ0v) is 15.0. The van der Waals surface area contributed by atoms with E-state index >= 15 is 0 Å². The lowest BCUT2D eigenvalue weighted by atomic mass is 10.1. The number of fused-ring (bicyclic) bond motifs is 1. The van der Waals surface area contributed by atoms with Crippen molar-refractivity contribution in [3.63, 3.8) is 0 Å². The quantitative estimate of drug-likeness (QED) is 0.747. The van der Waals surface area contributed by atoms with Gasteiger partial charge in [-0.15, -0.1) is 0 Å². The summed E-state index contributed by atoms with van der Waals surface area (Å²) in [6, 6.07) is 18.6. The molecule has 6 heteroatoms. The number of carbonyl (C=O) groups is 1. The van der Waals surface area contributed by atoms with Gasteiger partial charge in [0.2, 0.25) is 0 Å². The minimum Gasteiger partial charge on any atom is -0.497 e. The van der Waals surface area contributed by atoms with Crippen LogP contribution >= 0.6 is 0 Å². The number of hydrogen-bond donors (Lipinski definition) is 1. The molecule has 1 N–H and O–H groups in total. The van der Waals surface area contributed by atoms with Gasteiger partial charge in [-0.3, -0.25) is 9.69 Å². The van der Waals surface area contributed by atoms with E-state index in [1.165, 1.54) is 0 Å². The highest BCUT2D eigenvalue weighted by Gasteiger charge is 2.38. The normalized spacial score (nSPS) is 15.4. The molecular formula is C21H19N3O3. The number of ether oxygens (including phenoxy) is 2. The van der Waals surface area contributed by atoms with Crippen molar-refractivity contribution in [2.24, 2.45) is 0 Å². The average molecular weight is 361 g/mol. The van der Waals surface area contributed by atoms with Gasteiger partial charge in [0.15, 0.2) is 0 Å². The molecule has 0 fully saturated rings. The monoisotopic (exact) mass is 361 g/mol. The van der Waals surface area contributed by atoms with Gasteiger partial charge >= 0.3 is 0 Å². The fourth-order valence-electron chi connectivity index (χ4n) is 3.26. The van der Waals surface area contributed by atoms with Crippen LogP contribution in [-0.4, -0.2) is 25.1 Å². The second-order valence-corrected chi connectivity index (χ2v) is 6.06. The maximum atomic E-state index is 13.0. The number of hydrogen-bond acceptors (Lipinski definition) is 5. The van der Waals surface area contributed by atoms with Crippen LogP contribution in [0.3, 0.4) is 0 Å². The summed E-state index contributed by atoms with van der Waals surface area (Å²) < 4.78 is 10.8. The lowest BCUT2D eigenvalue weighted by molar-refractivity contribution is 0.0992. The Morgan fingerprint density at radius 1 is 1.00 bits per heavy atom. The fraction of sp³-hybridized carbons (Fsp3) is 0.143. The van der Waals surface area contributed by atoms with Crippen molar-refractivity contribution in [1.29, 1.82) is 0 Å². The van der Waals surface area contributed by atoms with Crippen LogP contribution in [0, 0.1) is 0 Å². The van der Waals surface area contributed by atoms with Crippen molar-refractivity contribution in [2.75, 3.05) is 24.4 Å². The Morgan fingerprint density at radius 3 is 2.56 bits per heavy atom. The van der Waals surface area contributed by atoms with Gasteiger partial charge in [0, 0.05) is 23.4 Å². The van der Waals surface area contributed by atoms with Crippen LogP contribution in [-0.2, 0) is 0 Å². The standard InChI is InChI=1S/C21H19N3O3/c1-26-14-10-11-17(18(13-14)27-2)23-20-15-7-3-4-8-16(15)21(25)24(20)19-9-5-6-12-22-19/h3-13,20,23H,1-2H3/t20-/m0/s1. The molecule has 0 bridgehead atoms. The number of nitrogens with zero attached hydrogens (tertiary/aromatic N) is 2. The first-order valence-corrected chi connectivity index (χ1v) is 8.55. The maximum absolute atomic E-state index is 13.0. The van der Waals surface area contributed by atoms with E-state index in [4.69, 9.17) is 9.47 Å². The van der Waals surface area contributed by atoms with Gasteiger partial charge in [0.1, 0.15) is 23.5 Å². The third kappa shape index (κ3) is 2.95. The van der Waals surface area contributed by atoms with Crippen LogP contribution in [0.15, 0.2) is 66.9 Å². The molecule has 3 aromatic rings. The molecule has 0 spiro atoms. The first-order valence-electron chi connectivity index (χ1n) is 8.55. The second kappa shape index (κ2) is 6.99. The van der Waals surface area contributed by atoms with Gasteiger partial charge < -0.3 is 14.8 Å². The molecule has 1 aliphatic heterocycles. The number of benzene rings is 2. The first-order chi connectivity index (χ1) is 13.2. The molecule has 27 heavy (non-hydrogen) atoms. The molecule has 0 unspecified atom stereocenters. The molecule has 1 aliphatic rings. The van der Waals surface area contributed by atoms with E-state index in [1.54, 1.807) is 31.4 Å². The van der Waals surface area contributed by atoms with E-state index < -0.39 is 6.17 Å². The molecule has 0 radical (unpaired) electrons. The minimum atomic E-state index is -0.397. The van der Waals surface area contributed by atoms with Crippen LogP contribution in [0.4, 0.5) is 11.5 Å². The predicted octanol–water partition coefficient (Wildman–Crippen LogP) is 3.87. The largest absolute Gasteiger partial charge is 0.497 e. The molecule has 1 aromatic heterocycles. The number of nitrogens with one attached hydrogen (secondary N) is 1. The number of amides is 1. The van der Waals surface area contributed by atoms with Crippen molar-refractivity contribution < 1.29 is 14.3 Å². The highest BCUT2D eigenvalue weighted by atomic mass is 16.5. The Labute approximate surface area is 157 Å². The van der Waals surface area contributed by atoms with E-state index in [2.05, 4.69) is 10.3 Å². The average Bonchev–Trinajstić information content (AvgIpc) is 3.01. The van der Waals surface area contributed by atoms with Gasteiger partial charge in [-0.1, -0.05) is 24.3 Å². The summed E-state index contributed by atoms with van der Waals surface area (Å²) in [6.07, 6.45) is 1.28. The zero-order valence-electron chi connectivity index (χ0n) is 15.0. The van der Waals surface area contributed by atoms with Crippen LogP contribution in [0.25, 0.3) is 0 Å². The third-order valence-electron chi connectivity index (χ3n) is 4.56. The molecule has 0 saturated carbocycles. The van der Waals surface area contributed by atoms with E-state index in [-0.39, 0.29) is 5.91 Å². The van der Waals surface area contributed by atoms with Crippen molar-refractivity contribution in [2.45, 2.75) is 6.17 Å². The SMILES string of the molecule is COc1ccc(N[C@@H]2c3ccccc3C(=O)N2c2ccccn2)c(OC)c1. The fourth-order valence-corrected chi connectivity index (χ4v) is 3.26. The Morgan fingerprint density at radius 2 is 1.81 bits per heavy atom. The number of carbonyl (C=O) groups excluding carboxylic acids is 1. The number of rotatable bonds is 5. The summed E-state index contributed by atoms with van der Waals surface area (Å²) in [5, 5.41) is 3.43. The number of aromatic nitrogens is 1. The predicted molar refractivity (Wildman–Crippen MR) is 103 cm³/mol. The molecule has 1 atom stereocenters. The van der Waals surface area contributed by atoms with E-state index in [0.717, 1.165) is 11.3 Å². The summed E-state index contributed by atoms with van der Waals surface area (Å²) in [5.41, 5.74) is 2.31. The van der Waals surface area contributed by atoms with Gasteiger partial charge in [-0.05, 0) is 30.3 Å².